The van der Waals surface area contributed by atoms with Gasteiger partial charge in [0.25, 0.3) is 0 Å². The van der Waals surface area contributed by atoms with Crippen LogP contribution in [0, 0.1) is 11.6 Å². The summed E-state index contributed by atoms with van der Waals surface area (Å²) in [6, 6.07) is 8.40. The van der Waals surface area contributed by atoms with Crippen LogP contribution >= 0.6 is 11.8 Å². The molecule has 0 unspecified atom stereocenters. The van der Waals surface area contributed by atoms with Crippen LogP contribution in [0.3, 0.4) is 0 Å². The minimum Gasteiger partial charge on any atom is -0.465 e. The average molecular weight is 295 g/mol. The van der Waals surface area contributed by atoms with Gasteiger partial charge in [0.15, 0.2) is 11.6 Å². The molecule has 0 bridgehead atoms. The summed E-state index contributed by atoms with van der Waals surface area (Å²) in [6.07, 6.45) is 0. The van der Waals surface area contributed by atoms with E-state index < -0.39 is 17.6 Å². The van der Waals surface area contributed by atoms with Crippen LogP contribution in [0.5, 0.6) is 0 Å². The molecule has 0 saturated carbocycles. The molecule has 0 radical (unpaired) electrons. The summed E-state index contributed by atoms with van der Waals surface area (Å²) in [5.41, 5.74) is 6.22. The fourth-order valence-corrected chi connectivity index (χ4v) is 2.45. The maximum absolute atomic E-state index is 13.1. The maximum atomic E-state index is 13.1. The van der Waals surface area contributed by atoms with E-state index in [1.165, 1.54) is 24.9 Å². The Morgan fingerprint density at radius 3 is 2.40 bits per heavy atom. The van der Waals surface area contributed by atoms with Gasteiger partial charge >= 0.3 is 5.97 Å². The van der Waals surface area contributed by atoms with Gasteiger partial charge in [-0.25, -0.2) is 13.6 Å². The number of benzene rings is 2. The first-order valence-corrected chi connectivity index (χ1v) is 6.43. The minimum atomic E-state index is -0.918. The van der Waals surface area contributed by atoms with Crippen molar-refractivity contribution in [2.75, 3.05) is 12.8 Å². The molecule has 6 heteroatoms. The average Bonchev–Trinajstić information content (AvgIpc) is 2.44. The molecular weight excluding hydrogens is 284 g/mol. The second-order valence-electron chi connectivity index (χ2n) is 3.92. The third-order valence-corrected chi connectivity index (χ3v) is 3.54. The molecule has 0 heterocycles. The number of hydrogen-bond acceptors (Lipinski definition) is 4. The van der Waals surface area contributed by atoms with Crippen LogP contribution in [0.15, 0.2) is 46.2 Å². The molecule has 0 aromatic heterocycles. The molecule has 0 fully saturated rings. The molecule has 0 saturated heterocycles. The molecule has 2 aromatic carbocycles. The molecule has 0 atom stereocenters. The monoisotopic (exact) mass is 295 g/mol. The fraction of sp³-hybridized carbons (Fsp3) is 0.0714. The fourth-order valence-electron chi connectivity index (χ4n) is 1.56. The van der Waals surface area contributed by atoms with E-state index in [9.17, 15) is 13.6 Å². The highest BCUT2D eigenvalue weighted by atomic mass is 32.2. The Kier molecular flexibility index (Phi) is 4.24. The van der Waals surface area contributed by atoms with Crippen LogP contribution in [0.4, 0.5) is 14.5 Å². The zero-order valence-corrected chi connectivity index (χ0v) is 11.3. The highest BCUT2D eigenvalue weighted by molar-refractivity contribution is 7.99. The summed E-state index contributed by atoms with van der Waals surface area (Å²) >= 11 is 1.19. The van der Waals surface area contributed by atoms with Gasteiger partial charge in [-0.2, -0.15) is 0 Å². The molecule has 3 nitrogen and oxygen atoms in total. The third kappa shape index (κ3) is 3.08. The van der Waals surface area contributed by atoms with Crippen LogP contribution < -0.4 is 5.73 Å². The number of carbonyl (C=O) groups excluding carboxylic acids is 1. The second-order valence-corrected chi connectivity index (χ2v) is 5.07. The Labute approximate surface area is 118 Å². The van der Waals surface area contributed by atoms with Crippen molar-refractivity contribution in [1.82, 2.24) is 0 Å². The summed E-state index contributed by atoms with van der Waals surface area (Å²) in [6.45, 7) is 0. The minimum absolute atomic E-state index is 0.236. The highest BCUT2D eigenvalue weighted by Crippen LogP contribution is 2.30. The van der Waals surface area contributed by atoms with Crippen LogP contribution in [0.25, 0.3) is 0 Å². The van der Waals surface area contributed by atoms with E-state index in [1.807, 2.05) is 0 Å². The molecule has 20 heavy (non-hydrogen) atoms. The number of halogens is 2. The van der Waals surface area contributed by atoms with Gasteiger partial charge < -0.3 is 10.5 Å². The van der Waals surface area contributed by atoms with E-state index in [-0.39, 0.29) is 5.56 Å². The van der Waals surface area contributed by atoms with Crippen molar-refractivity contribution in [3.8, 4) is 0 Å². The Hall–Kier alpha value is -2.08. The summed E-state index contributed by atoms with van der Waals surface area (Å²) < 4.78 is 30.6. The topological polar surface area (TPSA) is 52.3 Å². The van der Waals surface area contributed by atoms with E-state index in [1.54, 1.807) is 18.2 Å². The van der Waals surface area contributed by atoms with Crippen LogP contribution in [-0.4, -0.2) is 13.1 Å². The molecule has 0 aliphatic rings. The number of hydrogen-bond donors (Lipinski definition) is 1. The number of carbonyl (C=O) groups is 1. The van der Waals surface area contributed by atoms with Crippen LogP contribution in [0.1, 0.15) is 10.4 Å². The lowest BCUT2D eigenvalue weighted by molar-refractivity contribution is 0.0601. The van der Waals surface area contributed by atoms with Crippen molar-refractivity contribution in [3.63, 3.8) is 0 Å². The lowest BCUT2D eigenvalue weighted by Crippen LogP contribution is -2.05. The number of anilines is 1. The van der Waals surface area contributed by atoms with Crippen LogP contribution in [0.2, 0.25) is 0 Å². The quantitative estimate of drug-likeness (QED) is 0.695. The van der Waals surface area contributed by atoms with E-state index in [0.29, 0.717) is 15.5 Å². The first-order valence-electron chi connectivity index (χ1n) is 5.62. The largest absolute Gasteiger partial charge is 0.465 e. The number of nitrogen functional groups attached to an aromatic ring is 1. The summed E-state index contributed by atoms with van der Waals surface area (Å²) in [7, 11) is 1.26. The molecule has 0 aliphatic heterocycles. The number of esters is 1. The van der Waals surface area contributed by atoms with Gasteiger partial charge in [-0.3, -0.25) is 0 Å². The SMILES string of the molecule is COC(=O)c1cc(Sc2ccc(F)c(F)c2)ccc1N. The van der Waals surface area contributed by atoms with Crippen LogP contribution in [-0.2, 0) is 4.74 Å². The molecule has 0 aliphatic carbocycles. The normalized spacial score (nSPS) is 10.3. The molecule has 2 aromatic rings. The Morgan fingerprint density at radius 2 is 1.75 bits per heavy atom. The van der Waals surface area contributed by atoms with Crippen molar-refractivity contribution in [3.05, 3.63) is 53.6 Å². The number of ether oxygens (including phenoxy) is 1. The third-order valence-electron chi connectivity index (χ3n) is 2.56. The van der Waals surface area contributed by atoms with Crippen molar-refractivity contribution < 1.29 is 18.3 Å². The zero-order chi connectivity index (χ0) is 14.7. The summed E-state index contributed by atoms with van der Waals surface area (Å²) in [5, 5.41) is 0. The van der Waals surface area contributed by atoms with Gasteiger partial charge in [0, 0.05) is 15.5 Å². The van der Waals surface area contributed by atoms with E-state index in [4.69, 9.17) is 5.73 Å². The zero-order valence-electron chi connectivity index (χ0n) is 10.5. The standard InChI is InChI=1S/C14H11F2NO2S/c1-19-14(18)10-6-8(3-5-13(10)17)20-9-2-4-11(15)12(16)7-9/h2-7H,17H2,1H3. The molecular formula is C14H11F2NO2S. The number of nitrogens with two attached hydrogens (primary N) is 1. The molecule has 2 rings (SSSR count). The molecule has 2 N–H and O–H groups in total. The predicted molar refractivity (Wildman–Crippen MR) is 72.7 cm³/mol. The first-order chi connectivity index (χ1) is 9.51. The predicted octanol–water partition coefficient (Wildman–Crippen LogP) is 3.48. The summed E-state index contributed by atoms with van der Waals surface area (Å²) in [5.74, 6) is -2.37. The van der Waals surface area contributed by atoms with Gasteiger partial charge in [-0.05, 0) is 36.4 Å². The Morgan fingerprint density at radius 1 is 1.10 bits per heavy atom. The first kappa shape index (κ1) is 14.3. The Bertz CT molecular complexity index is 662. The lowest BCUT2D eigenvalue weighted by atomic mass is 10.2. The van der Waals surface area contributed by atoms with Gasteiger partial charge in [-0.15, -0.1) is 0 Å². The van der Waals surface area contributed by atoms with Gasteiger partial charge in [-0.1, -0.05) is 11.8 Å². The van der Waals surface area contributed by atoms with Gasteiger partial charge in [0.2, 0.25) is 0 Å². The maximum Gasteiger partial charge on any atom is 0.339 e. The number of methoxy groups -OCH3 is 1. The van der Waals surface area contributed by atoms with Crippen molar-refractivity contribution in [2.45, 2.75) is 9.79 Å². The van der Waals surface area contributed by atoms with E-state index >= 15 is 0 Å². The second kappa shape index (κ2) is 5.92. The lowest BCUT2D eigenvalue weighted by Gasteiger charge is -2.07. The van der Waals surface area contributed by atoms with Gasteiger partial charge in [0.05, 0.1) is 12.7 Å². The van der Waals surface area contributed by atoms with E-state index in [0.717, 1.165) is 12.1 Å². The molecule has 0 spiro atoms. The highest BCUT2D eigenvalue weighted by Gasteiger charge is 2.12. The van der Waals surface area contributed by atoms with Gasteiger partial charge in [0.1, 0.15) is 0 Å². The van der Waals surface area contributed by atoms with Crippen molar-refractivity contribution in [1.29, 1.82) is 0 Å². The number of rotatable bonds is 3. The van der Waals surface area contributed by atoms with Crippen molar-refractivity contribution >= 4 is 23.4 Å². The molecule has 104 valence electrons. The smallest absolute Gasteiger partial charge is 0.339 e. The van der Waals surface area contributed by atoms with Crippen molar-refractivity contribution in [2.24, 2.45) is 0 Å². The van der Waals surface area contributed by atoms with E-state index in [2.05, 4.69) is 4.74 Å². The summed E-state index contributed by atoms with van der Waals surface area (Å²) in [4.78, 5) is 12.7. The molecule has 0 amide bonds. The Balaban J connectivity index is 2.29.